The average molecular weight is 406 g/mol. The zero-order valence-corrected chi connectivity index (χ0v) is 17.6. The topological polar surface area (TPSA) is 105 Å². The molecule has 0 radical (unpaired) electrons. The van der Waals surface area contributed by atoms with E-state index in [9.17, 15) is 14.4 Å². The maximum Gasteiger partial charge on any atom is 0.410 e. The summed E-state index contributed by atoms with van der Waals surface area (Å²) in [5, 5.41) is 7.19. The van der Waals surface area contributed by atoms with Crippen LogP contribution in [0.25, 0.3) is 0 Å². The van der Waals surface area contributed by atoms with Gasteiger partial charge in [0.25, 0.3) is 5.91 Å². The molecular formula is C20H30N4O5. The molecule has 0 unspecified atom stereocenters. The van der Waals surface area contributed by atoms with Gasteiger partial charge in [0, 0.05) is 37.3 Å². The fourth-order valence-corrected chi connectivity index (χ4v) is 3.68. The molecule has 0 aromatic carbocycles. The molecule has 0 bridgehead atoms. The highest BCUT2D eigenvalue weighted by molar-refractivity contribution is 5.94. The van der Waals surface area contributed by atoms with Crippen LogP contribution in [0, 0.1) is 5.92 Å². The van der Waals surface area contributed by atoms with E-state index in [0.29, 0.717) is 57.7 Å². The summed E-state index contributed by atoms with van der Waals surface area (Å²) in [5.41, 5.74) is 1.41. The number of piperidine rings is 1. The van der Waals surface area contributed by atoms with Gasteiger partial charge in [0.1, 0.15) is 5.60 Å². The molecule has 1 N–H and O–H groups in total. The normalized spacial score (nSPS) is 17.7. The summed E-state index contributed by atoms with van der Waals surface area (Å²) < 4.78 is 10.5. The summed E-state index contributed by atoms with van der Waals surface area (Å²) >= 11 is 0. The fraction of sp³-hybridized carbons (Fsp3) is 0.700. The smallest absolute Gasteiger partial charge is 0.410 e. The lowest BCUT2D eigenvalue weighted by molar-refractivity contribution is -0.149. The van der Waals surface area contributed by atoms with Gasteiger partial charge in [0.2, 0.25) is 0 Å². The highest BCUT2D eigenvalue weighted by Crippen LogP contribution is 2.25. The number of esters is 1. The third kappa shape index (κ3) is 4.89. The van der Waals surface area contributed by atoms with E-state index in [0.717, 1.165) is 11.3 Å². The molecule has 0 aliphatic carbocycles. The molecule has 29 heavy (non-hydrogen) atoms. The lowest BCUT2D eigenvalue weighted by atomic mass is 9.96. The third-order valence-electron chi connectivity index (χ3n) is 5.19. The van der Waals surface area contributed by atoms with Crippen LogP contribution >= 0.6 is 0 Å². The van der Waals surface area contributed by atoms with Gasteiger partial charge in [-0.2, -0.15) is 5.10 Å². The molecule has 9 heteroatoms. The minimum atomic E-state index is -0.574. The fourth-order valence-electron chi connectivity index (χ4n) is 3.68. The van der Waals surface area contributed by atoms with Crippen molar-refractivity contribution in [1.29, 1.82) is 0 Å². The molecule has 1 saturated heterocycles. The van der Waals surface area contributed by atoms with Crippen LogP contribution in [0.1, 0.15) is 62.3 Å². The standard InChI is InChI=1S/C20H30N4O5/c1-5-28-18(26)13-6-9-23(10-7-13)17(25)16-14-12-24(11-8-15(14)21-22-16)19(27)29-20(2,3)4/h13H,5-12H2,1-4H3,(H,21,22). The molecule has 1 aromatic rings. The number of hydrogen-bond donors (Lipinski definition) is 1. The van der Waals surface area contributed by atoms with Crippen LogP contribution in [0.2, 0.25) is 0 Å². The van der Waals surface area contributed by atoms with E-state index in [1.165, 1.54) is 0 Å². The maximum absolute atomic E-state index is 13.0. The number of amides is 2. The molecule has 2 aliphatic rings. The van der Waals surface area contributed by atoms with Gasteiger partial charge in [-0.3, -0.25) is 14.7 Å². The van der Waals surface area contributed by atoms with Gasteiger partial charge in [-0.05, 0) is 40.5 Å². The van der Waals surface area contributed by atoms with Crippen molar-refractivity contribution in [3.8, 4) is 0 Å². The summed E-state index contributed by atoms with van der Waals surface area (Å²) in [4.78, 5) is 40.7. The van der Waals surface area contributed by atoms with Gasteiger partial charge in [-0.25, -0.2) is 4.79 Å². The predicted octanol–water partition coefficient (Wildman–Crippen LogP) is 2.12. The van der Waals surface area contributed by atoms with Crippen molar-refractivity contribution in [2.75, 3.05) is 26.2 Å². The Labute approximate surface area is 170 Å². The quantitative estimate of drug-likeness (QED) is 0.771. The SMILES string of the molecule is CCOC(=O)C1CCN(C(=O)c2n[nH]c3c2CN(C(=O)OC(C)(C)C)CC3)CC1. The number of carbonyl (C=O) groups is 3. The molecule has 160 valence electrons. The number of hydrogen-bond acceptors (Lipinski definition) is 6. The molecular weight excluding hydrogens is 376 g/mol. The predicted molar refractivity (Wildman–Crippen MR) is 104 cm³/mol. The summed E-state index contributed by atoms with van der Waals surface area (Å²) in [6.07, 6.45) is 1.38. The summed E-state index contributed by atoms with van der Waals surface area (Å²) in [7, 11) is 0. The number of H-pyrrole nitrogens is 1. The van der Waals surface area contributed by atoms with Crippen molar-refractivity contribution >= 4 is 18.0 Å². The van der Waals surface area contributed by atoms with Crippen molar-refractivity contribution in [3.63, 3.8) is 0 Å². The monoisotopic (exact) mass is 406 g/mol. The molecule has 1 aromatic heterocycles. The van der Waals surface area contributed by atoms with E-state index in [1.807, 2.05) is 20.8 Å². The van der Waals surface area contributed by atoms with Gasteiger partial charge in [-0.15, -0.1) is 0 Å². The maximum atomic E-state index is 13.0. The van der Waals surface area contributed by atoms with E-state index in [2.05, 4.69) is 10.2 Å². The number of rotatable bonds is 3. The second-order valence-electron chi connectivity index (χ2n) is 8.50. The molecule has 3 rings (SSSR count). The van der Waals surface area contributed by atoms with Gasteiger partial charge >= 0.3 is 12.1 Å². The molecule has 3 heterocycles. The Kier molecular flexibility index (Phi) is 6.14. The lowest BCUT2D eigenvalue weighted by Gasteiger charge is -2.32. The van der Waals surface area contributed by atoms with Crippen LogP contribution in [0.5, 0.6) is 0 Å². The molecule has 0 saturated carbocycles. The highest BCUT2D eigenvalue weighted by atomic mass is 16.6. The van der Waals surface area contributed by atoms with E-state index in [-0.39, 0.29) is 17.8 Å². The first-order valence-corrected chi connectivity index (χ1v) is 10.2. The number of likely N-dealkylation sites (tertiary alicyclic amines) is 1. The van der Waals surface area contributed by atoms with Crippen molar-refractivity contribution in [2.45, 2.75) is 59.1 Å². The van der Waals surface area contributed by atoms with Crippen molar-refractivity contribution in [2.24, 2.45) is 5.92 Å². The van der Waals surface area contributed by atoms with Gasteiger partial charge < -0.3 is 19.3 Å². The minimum absolute atomic E-state index is 0.158. The molecule has 2 aliphatic heterocycles. The number of carbonyl (C=O) groups excluding carboxylic acids is 3. The van der Waals surface area contributed by atoms with Crippen LogP contribution in [-0.2, 0) is 27.2 Å². The van der Waals surface area contributed by atoms with Gasteiger partial charge in [-0.1, -0.05) is 0 Å². The Hall–Kier alpha value is -2.58. The Morgan fingerprint density at radius 1 is 1.14 bits per heavy atom. The van der Waals surface area contributed by atoms with Crippen molar-refractivity contribution < 1.29 is 23.9 Å². The zero-order chi connectivity index (χ0) is 21.2. The van der Waals surface area contributed by atoms with E-state index in [1.54, 1.807) is 16.7 Å². The number of aromatic amines is 1. The Balaban J connectivity index is 1.65. The molecule has 2 amide bonds. The first kappa shape index (κ1) is 21.1. The molecule has 1 fully saturated rings. The number of nitrogens with zero attached hydrogens (tertiary/aromatic N) is 3. The van der Waals surface area contributed by atoms with Crippen LogP contribution in [0.15, 0.2) is 0 Å². The third-order valence-corrected chi connectivity index (χ3v) is 5.19. The van der Waals surface area contributed by atoms with Gasteiger partial charge in [0.15, 0.2) is 5.69 Å². The van der Waals surface area contributed by atoms with E-state index >= 15 is 0 Å². The number of nitrogens with one attached hydrogen (secondary N) is 1. The van der Waals surface area contributed by atoms with Crippen LogP contribution in [0.4, 0.5) is 4.79 Å². The second kappa shape index (κ2) is 8.42. The second-order valence-corrected chi connectivity index (χ2v) is 8.50. The summed E-state index contributed by atoms with van der Waals surface area (Å²) in [5.74, 6) is -0.518. The summed E-state index contributed by atoms with van der Waals surface area (Å²) in [6, 6.07) is 0. The van der Waals surface area contributed by atoms with Crippen LogP contribution in [-0.4, -0.2) is 69.8 Å². The largest absolute Gasteiger partial charge is 0.466 e. The average Bonchev–Trinajstić information content (AvgIpc) is 3.09. The Morgan fingerprint density at radius 3 is 2.45 bits per heavy atom. The van der Waals surface area contributed by atoms with E-state index in [4.69, 9.17) is 9.47 Å². The van der Waals surface area contributed by atoms with E-state index < -0.39 is 11.7 Å². The van der Waals surface area contributed by atoms with Gasteiger partial charge in [0.05, 0.1) is 19.1 Å². The first-order chi connectivity index (χ1) is 13.7. The lowest BCUT2D eigenvalue weighted by Crippen LogP contribution is -2.42. The minimum Gasteiger partial charge on any atom is -0.466 e. The van der Waals surface area contributed by atoms with Crippen molar-refractivity contribution in [3.05, 3.63) is 17.0 Å². The highest BCUT2D eigenvalue weighted by Gasteiger charge is 2.34. The number of aromatic nitrogens is 2. The number of ether oxygens (including phenoxy) is 2. The van der Waals surface area contributed by atoms with Crippen LogP contribution < -0.4 is 0 Å². The van der Waals surface area contributed by atoms with Crippen LogP contribution in [0.3, 0.4) is 0 Å². The Morgan fingerprint density at radius 2 is 1.83 bits per heavy atom. The Bertz CT molecular complexity index is 774. The zero-order valence-electron chi connectivity index (χ0n) is 17.6. The van der Waals surface area contributed by atoms with Crippen molar-refractivity contribution in [1.82, 2.24) is 20.0 Å². The first-order valence-electron chi connectivity index (χ1n) is 10.2. The number of fused-ring (bicyclic) bond motifs is 1. The molecule has 0 spiro atoms. The summed E-state index contributed by atoms with van der Waals surface area (Å²) in [6.45, 7) is 9.42. The molecule has 9 nitrogen and oxygen atoms in total. The molecule has 0 atom stereocenters.